The number of nitrogens with zero attached hydrogens (tertiary/aromatic N) is 1. The Kier molecular flexibility index (Phi) is 3.64. The molecule has 0 aliphatic heterocycles. The average molecular weight is 201 g/mol. The van der Waals surface area contributed by atoms with Crippen LogP contribution in [0.3, 0.4) is 0 Å². The van der Waals surface area contributed by atoms with Crippen LogP contribution in [-0.2, 0) is 4.74 Å². The van der Waals surface area contributed by atoms with E-state index in [4.69, 9.17) is 10.00 Å². The van der Waals surface area contributed by atoms with Crippen LogP contribution in [0.4, 0.5) is 0 Å². The molecule has 0 fully saturated rings. The number of rotatable bonds is 3. The number of hydrogen-bond donors (Lipinski definition) is 0. The Morgan fingerprint density at radius 3 is 2.40 bits per heavy atom. The first-order chi connectivity index (χ1) is 7.20. The molecule has 1 rings (SSSR count). The quantitative estimate of drug-likeness (QED) is 0.326. The maximum Gasteiger partial charge on any atom is 0.206 e. The molecule has 3 heteroatoms. The van der Waals surface area contributed by atoms with E-state index in [9.17, 15) is 4.79 Å². The summed E-state index contributed by atoms with van der Waals surface area (Å²) < 4.78 is 4.88. The van der Waals surface area contributed by atoms with Crippen molar-refractivity contribution in [2.24, 2.45) is 0 Å². The zero-order chi connectivity index (χ0) is 11.3. The third kappa shape index (κ3) is 2.44. The Hall–Kier alpha value is -2.08. The van der Waals surface area contributed by atoms with Crippen LogP contribution in [-0.4, -0.2) is 12.9 Å². The molecule has 0 saturated heterocycles. The average Bonchev–Trinajstić information content (AvgIpc) is 2.30. The SMILES string of the molecule is CO/C(C)=C(\C#N)C(=O)c1ccccc1. The van der Waals surface area contributed by atoms with Gasteiger partial charge in [-0.1, -0.05) is 30.3 Å². The van der Waals surface area contributed by atoms with Crippen LogP contribution in [0, 0.1) is 11.3 Å². The van der Waals surface area contributed by atoms with Crippen molar-refractivity contribution >= 4 is 5.78 Å². The molecule has 0 heterocycles. The first-order valence-electron chi connectivity index (χ1n) is 4.45. The van der Waals surface area contributed by atoms with Gasteiger partial charge < -0.3 is 4.74 Å². The Bertz CT molecular complexity index is 427. The molecule has 0 atom stereocenters. The zero-order valence-electron chi connectivity index (χ0n) is 8.65. The molecular formula is C12H11NO2. The molecule has 1 aromatic carbocycles. The summed E-state index contributed by atoms with van der Waals surface area (Å²) in [6.45, 7) is 1.60. The van der Waals surface area contributed by atoms with Crippen LogP contribution in [0.1, 0.15) is 17.3 Å². The van der Waals surface area contributed by atoms with E-state index in [0.29, 0.717) is 11.3 Å². The van der Waals surface area contributed by atoms with Crippen molar-refractivity contribution in [1.82, 2.24) is 0 Å². The minimum absolute atomic E-state index is 0.0451. The maximum absolute atomic E-state index is 11.8. The Morgan fingerprint density at radius 2 is 1.93 bits per heavy atom. The highest BCUT2D eigenvalue weighted by molar-refractivity contribution is 6.11. The van der Waals surface area contributed by atoms with E-state index in [2.05, 4.69) is 0 Å². The second-order valence-corrected chi connectivity index (χ2v) is 2.94. The minimum atomic E-state index is -0.308. The second-order valence-electron chi connectivity index (χ2n) is 2.94. The predicted octanol–water partition coefficient (Wildman–Crippen LogP) is 2.31. The number of benzene rings is 1. The van der Waals surface area contributed by atoms with Gasteiger partial charge in [-0.15, -0.1) is 0 Å². The standard InChI is InChI=1S/C12H11NO2/c1-9(15-2)11(8-13)12(14)10-6-4-3-5-7-10/h3-7H,1-2H3/b11-9+. The molecule has 0 bridgehead atoms. The second kappa shape index (κ2) is 4.97. The predicted molar refractivity (Wildman–Crippen MR) is 56.1 cm³/mol. The summed E-state index contributed by atoms with van der Waals surface area (Å²) in [4.78, 5) is 11.8. The summed E-state index contributed by atoms with van der Waals surface area (Å²) in [6.07, 6.45) is 0. The minimum Gasteiger partial charge on any atom is -0.500 e. The molecule has 0 amide bonds. The third-order valence-corrected chi connectivity index (χ3v) is 2.03. The monoisotopic (exact) mass is 201 g/mol. The van der Waals surface area contributed by atoms with Gasteiger partial charge in [-0.3, -0.25) is 4.79 Å². The van der Waals surface area contributed by atoms with Gasteiger partial charge in [0, 0.05) is 5.56 Å². The summed E-state index contributed by atoms with van der Waals surface area (Å²) in [5.74, 6) is 0.0313. The summed E-state index contributed by atoms with van der Waals surface area (Å²) >= 11 is 0. The van der Waals surface area contributed by atoms with E-state index in [1.807, 2.05) is 12.1 Å². The number of carbonyl (C=O) groups excluding carboxylic acids is 1. The van der Waals surface area contributed by atoms with Crippen LogP contribution < -0.4 is 0 Å². The Morgan fingerprint density at radius 1 is 1.33 bits per heavy atom. The lowest BCUT2D eigenvalue weighted by molar-refractivity contribution is 0.103. The van der Waals surface area contributed by atoms with Gasteiger partial charge in [0.15, 0.2) is 0 Å². The summed E-state index contributed by atoms with van der Waals surface area (Å²) in [6, 6.07) is 10.5. The van der Waals surface area contributed by atoms with Crippen molar-refractivity contribution in [3.8, 4) is 6.07 Å². The highest BCUT2D eigenvalue weighted by atomic mass is 16.5. The Balaban J connectivity index is 3.11. The molecule has 0 aliphatic rings. The highest BCUT2D eigenvalue weighted by Gasteiger charge is 2.14. The Labute approximate surface area is 88.6 Å². The van der Waals surface area contributed by atoms with Gasteiger partial charge in [0.2, 0.25) is 5.78 Å². The number of ketones is 1. The van der Waals surface area contributed by atoms with Crippen molar-refractivity contribution < 1.29 is 9.53 Å². The molecule has 0 unspecified atom stereocenters. The first kappa shape index (κ1) is 11.0. The summed E-state index contributed by atoms with van der Waals surface area (Å²) in [5, 5.41) is 8.85. The number of Topliss-reactive ketones (excluding diaryl/α,β-unsaturated/α-hetero) is 1. The van der Waals surface area contributed by atoms with Crippen LogP contribution in [0.15, 0.2) is 41.7 Å². The molecule has 0 spiro atoms. The molecule has 0 radical (unpaired) electrons. The third-order valence-electron chi connectivity index (χ3n) is 2.03. The molecule has 1 aromatic rings. The van der Waals surface area contributed by atoms with Gasteiger partial charge in [0.05, 0.1) is 7.11 Å². The van der Waals surface area contributed by atoms with E-state index in [-0.39, 0.29) is 11.4 Å². The van der Waals surface area contributed by atoms with Gasteiger partial charge in [-0.05, 0) is 6.92 Å². The molecular weight excluding hydrogens is 190 g/mol. The molecule has 0 aromatic heterocycles. The normalized spacial score (nSPS) is 11.3. The maximum atomic E-state index is 11.8. The van der Waals surface area contributed by atoms with Crippen LogP contribution in [0.5, 0.6) is 0 Å². The van der Waals surface area contributed by atoms with Gasteiger partial charge >= 0.3 is 0 Å². The van der Waals surface area contributed by atoms with Gasteiger partial charge in [0.1, 0.15) is 17.4 Å². The van der Waals surface area contributed by atoms with E-state index < -0.39 is 0 Å². The number of hydrogen-bond acceptors (Lipinski definition) is 3. The van der Waals surface area contributed by atoms with Gasteiger partial charge in [-0.2, -0.15) is 5.26 Å². The lowest BCUT2D eigenvalue weighted by Crippen LogP contribution is -2.04. The molecule has 3 nitrogen and oxygen atoms in total. The van der Waals surface area contributed by atoms with Crippen molar-refractivity contribution in [1.29, 1.82) is 5.26 Å². The fraction of sp³-hybridized carbons (Fsp3) is 0.167. The fourth-order valence-electron chi connectivity index (χ4n) is 1.13. The van der Waals surface area contributed by atoms with Gasteiger partial charge in [0.25, 0.3) is 0 Å². The van der Waals surface area contributed by atoms with Crippen LogP contribution in [0.2, 0.25) is 0 Å². The number of ether oxygens (including phenoxy) is 1. The molecule has 0 N–H and O–H groups in total. The number of methoxy groups -OCH3 is 1. The number of nitriles is 1. The smallest absolute Gasteiger partial charge is 0.206 e. The van der Waals surface area contributed by atoms with E-state index in [1.165, 1.54) is 7.11 Å². The van der Waals surface area contributed by atoms with Crippen LogP contribution >= 0.6 is 0 Å². The highest BCUT2D eigenvalue weighted by Crippen LogP contribution is 2.11. The van der Waals surface area contributed by atoms with E-state index in [0.717, 1.165) is 0 Å². The number of allylic oxidation sites excluding steroid dienone is 2. The number of carbonyl (C=O) groups is 1. The zero-order valence-corrected chi connectivity index (χ0v) is 8.65. The van der Waals surface area contributed by atoms with E-state index >= 15 is 0 Å². The largest absolute Gasteiger partial charge is 0.500 e. The first-order valence-corrected chi connectivity index (χ1v) is 4.45. The lowest BCUT2D eigenvalue weighted by Gasteiger charge is -2.03. The van der Waals surface area contributed by atoms with E-state index in [1.54, 1.807) is 31.2 Å². The van der Waals surface area contributed by atoms with Crippen molar-refractivity contribution in [3.05, 3.63) is 47.2 Å². The van der Waals surface area contributed by atoms with Crippen molar-refractivity contribution in [3.63, 3.8) is 0 Å². The van der Waals surface area contributed by atoms with Crippen molar-refractivity contribution in [2.75, 3.05) is 7.11 Å². The fourth-order valence-corrected chi connectivity index (χ4v) is 1.13. The topological polar surface area (TPSA) is 50.1 Å². The molecule has 0 aliphatic carbocycles. The lowest BCUT2D eigenvalue weighted by atomic mass is 10.0. The molecule has 76 valence electrons. The van der Waals surface area contributed by atoms with Crippen molar-refractivity contribution in [2.45, 2.75) is 6.92 Å². The summed E-state index contributed by atoms with van der Waals surface area (Å²) in [5.41, 5.74) is 0.536. The van der Waals surface area contributed by atoms with Crippen LogP contribution in [0.25, 0.3) is 0 Å². The molecule has 0 saturated carbocycles. The van der Waals surface area contributed by atoms with Gasteiger partial charge in [-0.25, -0.2) is 0 Å². The molecule has 15 heavy (non-hydrogen) atoms. The summed E-state index contributed by atoms with van der Waals surface area (Å²) in [7, 11) is 1.44.